The predicted molar refractivity (Wildman–Crippen MR) is 161 cm³/mol. The molecule has 0 radical (unpaired) electrons. The fourth-order valence-corrected chi connectivity index (χ4v) is 5.03. The van der Waals surface area contributed by atoms with Gasteiger partial charge in [-0.1, -0.05) is 6.07 Å². The van der Waals surface area contributed by atoms with Crippen LogP contribution in [0.5, 0.6) is 0 Å². The topological polar surface area (TPSA) is 39.7 Å². The summed E-state index contributed by atoms with van der Waals surface area (Å²) in [5.74, 6) is -0.592. The quantitative estimate of drug-likeness (QED) is 0.261. The Bertz CT molecular complexity index is 1450. The molecule has 1 amide bonds. The molecule has 0 unspecified atom stereocenters. The molecule has 242 valence electrons. The molecule has 0 spiro atoms. The van der Waals surface area contributed by atoms with Gasteiger partial charge in [-0.2, -0.15) is 26.3 Å². The van der Waals surface area contributed by atoms with Crippen molar-refractivity contribution in [2.75, 3.05) is 50.1 Å². The number of hydrogen-bond acceptors (Lipinski definition) is 4. The summed E-state index contributed by atoms with van der Waals surface area (Å²) in [5.41, 5.74) is -3.30. The first kappa shape index (κ1) is 37.1. The smallest absolute Gasteiger partial charge is 0.354 e. The van der Waals surface area contributed by atoms with E-state index in [1.54, 1.807) is 19.1 Å². The number of benzene rings is 2. The number of hydrogen-bond donors (Lipinski definition) is 0. The summed E-state index contributed by atoms with van der Waals surface area (Å²) in [4.78, 5) is 23.9. The lowest BCUT2D eigenvalue weighted by atomic mass is 9.81. The number of carbonyl (C=O) groups excluding carboxylic acids is 1. The molecule has 2 aromatic carbocycles. The zero-order valence-corrected chi connectivity index (χ0v) is 26.2. The maximum atomic E-state index is 14.0. The highest BCUT2D eigenvalue weighted by molar-refractivity contribution is 6.03. The molecule has 0 bridgehead atoms. The molecule has 1 saturated heterocycles. The highest BCUT2D eigenvalue weighted by atomic mass is 35.5. The van der Waals surface area contributed by atoms with E-state index in [0.29, 0.717) is 47.7 Å². The van der Waals surface area contributed by atoms with Crippen molar-refractivity contribution in [1.29, 1.82) is 0 Å². The predicted octanol–water partition coefficient (Wildman–Crippen LogP) is 7.77. The highest BCUT2D eigenvalue weighted by Gasteiger charge is 2.41. The molecule has 1 aliphatic heterocycles. The Morgan fingerprint density at radius 3 is 1.84 bits per heavy atom. The number of aromatic nitrogens is 1. The lowest BCUT2D eigenvalue weighted by Crippen LogP contribution is -2.45. The molecular formula is C30H33Cl2F7N4O. The summed E-state index contributed by atoms with van der Waals surface area (Å²) in [6.07, 6.45) is -8.66. The molecule has 0 saturated carbocycles. The average Bonchev–Trinajstić information content (AvgIpc) is 2.91. The molecule has 1 aliphatic rings. The summed E-state index contributed by atoms with van der Waals surface area (Å²) in [5, 5.41) is 0. The summed E-state index contributed by atoms with van der Waals surface area (Å²) in [7, 11) is 3.39. The number of likely N-dealkylation sites (N-methyl/N-ethyl adjacent to an activating group) is 2. The Morgan fingerprint density at radius 2 is 1.34 bits per heavy atom. The minimum Gasteiger partial charge on any atom is -0.354 e. The zero-order chi connectivity index (χ0) is 31.2. The van der Waals surface area contributed by atoms with Crippen LogP contribution in [0.3, 0.4) is 0 Å². The Morgan fingerprint density at radius 1 is 0.818 bits per heavy atom. The summed E-state index contributed by atoms with van der Waals surface area (Å²) in [6, 6.07) is 7.11. The monoisotopic (exact) mass is 668 g/mol. The number of pyridine rings is 1. The Labute approximate surface area is 263 Å². The molecule has 4 rings (SSSR count). The maximum absolute atomic E-state index is 14.0. The Hall–Kier alpha value is -3.09. The molecular weight excluding hydrogens is 636 g/mol. The van der Waals surface area contributed by atoms with Crippen molar-refractivity contribution in [1.82, 2.24) is 9.88 Å². The van der Waals surface area contributed by atoms with Crippen molar-refractivity contribution in [2.24, 2.45) is 0 Å². The number of nitrogens with zero attached hydrogens (tertiary/aromatic N) is 4. The van der Waals surface area contributed by atoms with Crippen LogP contribution >= 0.6 is 24.8 Å². The minimum atomic E-state index is -5.06. The van der Waals surface area contributed by atoms with Crippen LogP contribution in [0.25, 0.3) is 11.1 Å². The van der Waals surface area contributed by atoms with Crippen molar-refractivity contribution in [3.63, 3.8) is 0 Å². The second-order valence-electron chi connectivity index (χ2n) is 11.1. The van der Waals surface area contributed by atoms with E-state index in [-0.39, 0.29) is 36.6 Å². The normalized spacial score (nSPS) is 14.5. The molecule has 0 atom stereocenters. The van der Waals surface area contributed by atoms with E-state index in [1.807, 2.05) is 7.05 Å². The van der Waals surface area contributed by atoms with E-state index in [2.05, 4.69) is 14.8 Å². The summed E-state index contributed by atoms with van der Waals surface area (Å²) >= 11 is 0. The van der Waals surface area contributed by atoms with E-state index in [1.165, 1.54) is 44.1 Å². The second kappa shape index (κ2) is 13.5. The fraction of sp³-hybridized carbons (Fsp3) is 0.400. The van der Waals surface area contributed by atoms with Gasteiger partial charge < -0.3 is 14.7 Å². The minimum absolute atomic E-state index is 0. The first-order valence-corrected chi connectivity index (χ1v) is 13.2. The van der Waals surface area contributed by atoms with E-state index < -0.39 is 46.2 Å². The third-order valence-electron chi connectivity index (χ3n) is 7.68. The number of anilines is 2. The average molecular weight is 670 g/mol. The van der Waals surface area contributed by atoms with Crippen molar-refractivity contribution in [3.05, 3.63) is 76.7 Å². The van der Waals surface area contributed by atoms with Gasteiger partial charge in [0.15, 0.2) is 0 Å². The van der Waals surface area contributed by atoms with Gasteiger partial charge in [0.2, 0.25) is 5.91 Å². The lowest BCUT2D eigenvalue weighted by Gasteiger charge is -2.35. The van der Waals surface area contributed by atoms with Crippen molar-refractivity contribution >= 4 is 42.2 Å². The van der Waals surface area contributed by atoms with Crippen LogP contribution in [0.1, 0.15) is 36.1 Å². The first-order valence-electron chi connectivity index (χ1n) is 13.2. The molecule has 0 N–H and O–H groups in total. The number of carbonyl (C=O) groups is 1. The third kappa shape index (κ3) is 7.76. The van der Waals surface area contributed by atoms with Crippen LogP contribution in [-0.2, 0) is 22.6 Å². The SMILES string of the molecule is Cc1cc(F)ccc1-c1cc(N2CCN(C)CC2)ncc1N(C)C(=O)C(C)(C)c1cc(C(F)(F)F)cc(C(F)(F)F)c1.Cl.Cl. The second-order valence-corrected chi connectivity index (χ2v) is 11.1. The van der Waals surface area contributed by atoms with Crippen molar-refractivity contribution in [3.8, 4) is 11.1 Å². The van der Waals surface area contributed by atoms with Crippen LogP contribution < -0.4 is 9.80 Å². The third-order valence-corrected chi connectivity index (χ3v) is 7.68. The van der Waals surface area contributed by atoms with Gasteiger partial charge in [0.05, 0.1) is 28.4 Å². The number of aryl methyl sites for hydroxylation is 1. The van der Waals surface area contributed by atoms with Gasteiger partial charge in [-0.05, 0) is 80.9 Å². The van der Waals surface area contributed by atoms with E-state index in [4.69, 9.17) is 0 Å². The zero-order valence-electron chi connectivity index (χ0n) is 24.6. The van der Waals surface area contributed by atoms with Gasteiger partial charge in [-0.3, -0.25) is 4.79 Å². The van der Waals surface area contributed by atoms with Crippen LogP contribution in [0, 0.1) is 12.7 Å². The summed E-state index contributed by atoms with van der Waals surface area (Å²) in [6.45, 7) is 7.25. The van der Waals surface area contributed by atoms with E-state index in [9.17, 15) is 35.5 Å². The van der Waals surface area contributed by atoms with Crippen LogP contribution in [0.15, 0.2) is 48.7 Å². The number of amides is 1. The largest absolute Gasteiger partial charge is 0.416 e. The molecule has 3 aromatic rings. The number of alkyl halides is 6. The van der Waals surface area contributed by atoms with E-state index >= 15 is 0 Å². The van der Waals surface area contributed by atoms with Gasteiger partial charge >= 0.3 is 12.4 Å². The van der Waals surface area contributed by atoms with E-state index in [0.717, 1.165) is 13.1 Å². The van der Waals surface area contributed by atoms with Gasteiger partial charge in [-0.25, -0.2) is 9.37 Å². The van der Waals surface area contributed by atoms with Crippen molar-refractivity contribution in [2.45, 2.75) is 38.5 Å². The van der Waals surface area contributed by atoms with Crippen LogP contribution in [-0.4, -0.2) is 56.1 Å². The molecule has 5 nitrogen and oxygen atoms in total. The number of halogens is 9. The molecule has 44 heavy (non-hydrogen) atoms. The molecule has 14 heteroatoms. The van der Waals surface area contributed by atoms with Crippen LogP contribution in [0.2, 0.25) is 0 Å². The standard InChI is InChI=1S/C30H31F7N4O.2ClH/c1-18-12-22(31)6-7-23(18)24-16-26(41-10-8-39(4)9-11-41)38-17-25(24)40(5)27(42)28(2,3)19-13-20(29(32,33)34)15-21(14-19)30(35,36)37;;/h6-7,12-17H,8-11H2,1-5H3;2*1H. The van der Waals surface area contributed by atoms with Gasteiger partial charge in [-0.15, -0.1) is 24.8 Å². The van der Waals surface area contributed by atoms with Gasteiger partial charge in [0.25, 0.3) is 0 Å². The molecule has 2 heterocycles. The van der Waals surface area contributed by atoms with Crippen molar-refractivity contribution < 1.29 is 35.5 Å². The molecule has 1 aromatic heterocycles. The maximum Gasteiger partial charge on any atom is 0.416 e. The van der Waals surface area contributed by atoms with Gasteiger partial charge in [0.1, 0.15) is 11.6 Å². The van der Waals surface area contributed by atoms with Gasteiger partial charge in [0, 0.05) is 38.8 Å². The lowest BCUT2D eigenvalue weighted by molar-refractivity contribution is -0.143. The molecule has 0 aliphatic carbocycles. The Kier molecular flexibility index (Phi) is 11.4. The number of piperazine rings is 1. The Balaban J connectivity index is 0.00000337. The highest BCUT2D eigenvalue weighted by Crippen LogP contribution is 2.41. The fourth-order valence-electron chi connectivity index (χ4n) is 5.03. The molecule has 1 fully saturated rings. The first-order chi connectivity index (χ1) is 19.4. The summed E-state index contributed by atoms with van der Waals surface area (Å²) < 4.78 is 95.4. The number of rotatable bonds is 5. The van der Waals surface area contributed by atoms with Crippen LogP contribution in [0.4, 0.5) is 42.2 Å².